The molecule has 180 valence electrons. The van der Waals surface area contributed by atoms with Crippen molar-refractivity contribution in [1.29, 1.82) is 0 Å². The van der Waals surface area contributed by atoms with Crippen molar-refractivity contribution < 1.29 is 22.4 Å². The Morgan fingerprint density at radius 1 is 1.33 bits per heavy atom. The van der Waals surface area contributed by atoms with Crippen molar-refractivity contribution in [2.24, 2.45) is 5.92 Å². The summed E-state index contributed by atoms with van der Waals surface area (Å²) in [6.45, 7) is 5.11. The lowest BCUT2D eigenvalue weighted by atomic mass is 9.82. The molecule has 1 aromatic heterocycles. The fraction of sp³-hybridized carbons (Fsp3) is 0.565. The van der Waals surface area contributed by atoms with E-state index in [2.05, 4.69) is 24.3 Å². The molecule has 1 saturated heterocycles. The van der Waals surface area contributed by atoms with E-state index in [1.165, 1.54) is 16.8 Å². The van der Waals surface area contributed by atoms with Gasteiger partial charge in [-0.05, 0) is 57.7 Å². The van der Waals surface area contributed by atoms with Crippen molar-refractivity contribution in [3.63, 3.8) is 0 Å². The van der Waals surface area contributed by atoms with Gasteiger partial charge in [-0.1, -0.05) is 17.7 Å². The summed E-state index contributed by atoms with van der Waals surface area (Å²) in [5.41, 5.74) is -0.426. The number of nitrogens with one attached hydrogen (secondary N) is 1. The zero-order chi connectivity index (χ0) is 24.0. The Hall–Kier alpha value is -2.13. The number of hydrogen-bond donors (Lipinski definition) is 1. The quantitative estimate of drug-likeness (QED) is 0.632. The number of amides is 1. The van der Waals surface area contributed by atoms with Gasteiger partial charge in [0.1, 0.15) is 5.82 Å². The van der Waals surface area contributed by atoms with Crippen molar-refractivity contribution in [2.45, 2.75) is 64.3 Å². The van der Waals surface area contributed by atoms with Crippen LogP contribution in [0.4, 0.5) is 17.6 Å². The molecule has 10 heteroatoms. The second kappa shape index (κ2) is 8.91. The molecule has 0 spiro atoms. The first-order valence-electron chi connectivity index (χ1n) is 11.1. The lowest BCUT2D eigenvalue weighted by Crippen LogP contribution is -2.47. The Balaban J connectivity index is 1.57. The molecule has 1 amide bonds. The van der Waals surface area contributed by atoms with E-state index in [0.29, 0.717) is 12.1 Å². The zero-order valence-corrected chi connectivity index (χ0v) is 19.4. The Labute approximate surface area is 195 Å². The third-order valence-electron chi connectivity index (χ3n) is 6.51. The second-order valence-corrected chi connectivity index (χ2v) is 10.0. The summed E-state index contributed by atoms with van der Waals surface area (Å²) in [7, 11) is 0. The van der Waals surface area contributed by atoms with Gasteiger partial charge in [-0.15, -0.1) is 0 Å². The van der Waals surface area contributed by atoms with Gasteiger partial charge in [0, 0.05) is 34.7 Å². The van der Waals surface area contributed by atoms with Gasteiger partial charge in [-0.25, -0.2) is 4.39 Å². The van der Waals surface area contributed by atoms with E-state index in [0.717, 1.165) is 25.5 Å². The zero-order valence-electron chi connectivity index (χ0n) is 18.6. The number of fused-ring (bicyclic) bond motifs is 1. The van der Waals surface area contributed by atoms with E-state index in [1.54, 1.807) is 4.90 Å². The third kappa shape index (κ3) is 5.35. The van der Waals surface area contributed by atoms with Crippen LogP contribution in [0.1, 0.15) is 55.6 Å². The van der Waals surface area contributed by atoms with E-state index < -0.39 is 17.7 Å². The number of aromatic nitrogens is 2. The van der Waals surface area contributed by atoms with Gasteiger partial charge in [-0.3, -0.25) is 9.48 Å². The number of carbonyl (C=O) groups excluding carboxylic acids is 1. The topological polar surface area (TPSA) is 50.2 Å². The molecule has 2 aliphatic rings. The summed E-state index contributed by atoms with van der Waals surface area (Å²) >= 11 is 5.79. The molecule has 0 saturated carbocycles. The Bertz CT molecular complexity index is 1050. The van der Waals surface area contributed by atoms with Crippen LogP contribution < -0.4 is 5.32 Å². The van der Waals surface area contributed by atoms with E-state index in [9.17, 15) is 22.4 Å². The number of nitrogens with zero attached hydrogens (tertiary/aromatic N) is 3. The number of halogens is 5. The molecule has 0 aliphatic carbocycles. The number of hydrogen-bond acceptors (Lipinski definition) is 3. The van der Waals surface area contributed by atoms with E-state index in [-0.39, 0.29) is 59.6 Å². The van der Waals surface area contributed by atoms with Crippen LogP contribution >= 0.6 is 11.6 Å². The van der Waals surface area contributed by atoms with Crippen LogP contribution in [0.15, 0.2) is 18.2 Å². The molecule has 5 nitrogen and oxygen atoms in total. The van der Waals surface area contributed by atoms with Crippen molar-refractivity contribution in [1.82, 2.24) is 20.0 Å². The highest BCUT2D eigenvalue weighted by Crippen LogP contribution is 2.36. The SMILES string of the molecule is CC1(C)CC(CC(=O)N2CCc3c(C(F)(F)F)nn(Cc4ccc(Cl)cc4F)c3C2)CCN1. The molecular weight excluding hydrogens is 460 g/mol. The van der Waals surface area contributed by atoms with Crippen LogP contribution in [-0.2, 0) is 30.5 Å². The third-order valence-corrected chi connectivity index (χ3v) is 6.75. The molecule has 0 radical (unpaired) electrons. The first kappa shape index (κ1) is 24.0. The minimum Gasteiger partial charge on any atom is -0.336 e. The smallest absolute Gasteiger partial charge is 0.336 e. The summed E-state index contributed by atoms with van der Waals surface area (Å²) in [5.74, 6) is -0.450. The van der Waals surface area contributed by atoms with Crippen LogP contribution in [0.3, 0.4) is 0 Å². The molecule has 2 aliphatic heterocycles. The fourth-order valence-corrected chi connectivity index (χ4v) is 5.08. The van der Waals surface area contributed by atoms with Crippen LogP contribution in [0, 0.1) is 11.7 Å². The van der Waals surface area contributed by atoms with Crippen molar-refractivity contribution in [2.75, 3.05) is 13.1 Å². The van der Waals surface area contributed by atoms with Crippen LogP contribution in [-0.4, -0.2) is 39.2 Å². The molecule has 1 aromatic carbocycles. The summed E-state index contributed by atoms with van der Waals surface area (Å²) in [4.78, 5) is 14.6. The van der Waals surface area contributed by atoms with Gasteiger partial charge in [-0.2, -0.15) is 18.3 Å². The highest BCUT2D eigenvalue weighted by molar-refractivity contribution is 6.30. The summed E-state index contributed by atoms with van der Waals surface area (Å²) in [6, 6.07) is 4.04. The number of alkyl halides is 3. The first-order chi connectivity index (χ1) is 15.4. The van der Waals surface area contributed by atoms with Crippen LogP contribution in [0.5, 0.6) is 0 Å². The van der Waals surface area contributed by atoms with Gasteiger partial charge in [0.2, 0.25) is 5.91 Å². The predicted molar refractivity (Wildman–Crippen MR) is 116 cm³/mol. The summed E-state index contributed by atoms with van der Waals surface area (Å²) in [6.07, 6.45) is -2.44. The van der Waals surface area contributed by atoms with Crippen molar-refractivity contribution in [3.8, 4) is 0 Å². The van der Waals surface area contributed by atoms with Crippen LogP contribution in [0.25, 0.3) is 0 Å². The maximum absolute atomic E-state index is 14.3. The molecular formula is C23H27ClF4N4O. The molecule has 1 fully saturated rings. The lowest BCUT2D eigenvalue weighted by Gasteiger charge is -2.37. The highest BCUT2D eigenvalue weighted by atomic mass is 35.5. The highest BCUT2D eigenvalue weighted by Gasteiger charge is 2.41. The lowest BCUT2D eigenvalue weighted by molar-refractivity contribution is -0.142. The fourth-order valence-electron chi connectivity index (χ4n) is 4.92. The standard InChI is InChI=1S/C23H27ClF4N4O/c1-22(2)11-14(5-7-29-22)9-20(33)31-8-6-17-19(13-31)32(30-21(17)23(26,27)28)12-15-3-4-16(24)10-18(15)25/h3-4,10,14,29H,5-9,11-13H2,1-2H3. The molecule has 3 heterocycles. The number of rotatable bonds is 4. The Morgan fingerprint density at radius 2 is 2.09 bits per heavy atom. The van der Waals surface area contributed by atoms with Crippen molar-refractivity contribution >= 4 is 17.5 Å². The first-order valence-corrected chi connectivity index (χ1v) is 11.4. The van der Waals surface area contributed by atoms with E-state index in [4.69, 9.17) is 11.6 Å². The van der Waals surface area contributed by atoms with Gasteiger partial charge in [0.05, 0.1) is 18.8 Å². The average molecular weight is 487 g/mol. The second-order valence-electron chi connectivity index (χ2n) is 9.60. The van der Waals surface area contributed by atoms with Crippen molar-refractivity contribution in [3.05, 3.63) is 51.6 Å². The van der Waals surface area contributed by atoms with E-state index in [1.807, 2.05) is 0 Å². The molecule has 2 aromatic rings. The molecule has 33 heavy (non-hydrogen) atoms. The molecule has 0 bridgehead atoms. The predicted octanol–water partition coefficient (Wildman–Crippen LogP) is 4.80. The summed E-state index contributed by atoms with van der Waals surface area (Å²) in [5, 5.41) is 7.43. The maximum atomic E-state index is 14.3. The molecule has 4 rings (SSSR count). The van der Waals surface area contributed by atoms with Gasteiger partial charge in [0.25, 0.3) is 0 Å². The van der Waals surface area contributed by atoms with Gasteiger partial charge in [0.15, 0.2) is 5.69 Å². The minimum absolute atomic E-state index is 0.0286. The average Bonchev–Trinajstić information content (AvgIpc) is 3.07. The Kier molecular flexibility index (Phi) is 6.48. The monoisotopic (exact) mass is 486 g/mol. The molecule has 1 atom stereocenters. The van der Waals surface area contributed by atoms with Crippen LogP contribution in [0.2, 0.25) is 5.02 Å². The largest absolute Gasteiger partial charge is 0.435 e. The van der Waals surface area contributed by atoms with Gasteiger partial charge >= 0.3 is 6.18 Å². The van der Waals surface area contributed by atoms with Gasteiger partial charge < -0.3 is 10.2 Å². The number of carbonyl (C=O) groups is 1. The van der Waals surface area contributed by atoms with E-state index >= 15 is 0 Å². The molecule has 1 unspecified atom stereocenters. The normalized spacial score (nSPS) is 20.6. The Morgan fingerprint density at radius 3 is 2.76 bits per heavy atom. The summed E-state index contributed by atoms with van der Waals surface area (Å²) < 4.78 is 56.4. The number of benzene rings is 1. The molecule has 1 N–H and O–H groups in total. The maximum Gasteiger partial charge on any atom is 0.435 e. The number of piperidine rings is 1. The minimum atomic E-state index is -4.62.